The van der Waals surface area contributed by atoms with Crippen LogP contribution in [0.25, 0.3) is 0 Å². The van der Waals surface area contributed by atoms with Crippen LogP contribution in [0.2, 0.25) is 0 Å². The van der Waals surface area contributed by atoms with E-state index in [0.717, 1.165) is 32.3 Å². The lowest BCUT2D eigenvalue weighted by Gasteiger charge is -2.47. The first-order valence-electron chi connectivity index (χ1n) is 8.06. The first kappa shape index (κ1) is 18.7. The third-order valence-corrected chi connectivity index (χ3v) is 3.64. The molecule has 1 fully saturated rings. The standard InChI is InChI=1S/C16H30N2O4/c1-5-6-7-21-10-13-8-16(9-13,11-17-12-19)18-14(20)22-15(2,3)4/h12-13H,5-11H2,1-4H3,(H,17,19)(H,18,20). The predicted octanol–water partition coefficient (Wildman–Crippen LogP) is 2.22. The molecule has 0 aromatic carbocycles. The van der Waals surface area contributed by atoms with Crippen LogP contribution >= 0.6 is 0 Å². The lowest BCUT2D eigenvalue weighted by molar-refractivity contribution is -0.110. The number of hydrogen-bond acceptors (Lipinski definition) is 4. The molecule has 0 bridgehead atoms. The first-order chi connectivity index (χ1) is 10.3. The Morgan fingerprint density at radius 3 is 2.59 bits per heavy atom. The molecule has 1 saturated carbocycles. The fourth-order valence-corrected chi connectivity index (χ4v) is 2.71. The molecule has 2 N–H and O–H groups in total. The van der Waals surface area contributed by atoms with E-state index in [-0.39, 0.29) is 0 Å². The van der Waals surface area contributed by atoms with Crippen LogP contribution < -0.4 is 10.6 Å². The van der Waals surface area contributed by atoms with Crippen molar-refractivity contribution in [3.05, 3.63) is 0 Å². The Morgan fingerprint density at radius 2 is 2.05 bits per heavy atom. The third kappa shape index (κ3) is 6.64. The van der Waals surface area contributed by atoms with Crippen molar-refractivity contribution in [1.82, 2.24) is 10.6 Å². The van der Waals surface area contributed by atoms with Gasteiger partial charge in [-0.05, 0) is 46.0 Å². The number of amides is 2. The van der Waals surface area contributed by atoms with Crippen molar-refractivity contribution in [2.24, 2.45) is 5.92 Å². The molecule has 0 atom stereocenters. The van der Waals surface area contributed by atoms with E-state index in [4.69, 9.17) is 9.47 Å². The lowest BCUT2D eigenvalue weighted by atomic mass is 9.68. The highest BCUT2D eigenvalue weighted by Gasteiger charge is 2.45. The molecular formula is C16H30N2O4. The van der Waals surface area contributed by atoms with Gasteiger partial charge in [0.25, 0.3) is 0 Å². The van der Waals surface area contributed by atoms with Crippen molar-refractivity contribution in [2.45, 2.75) is 64.5 Å². The normalized spacial score (nSPS) is 24.3. The van der Waals surface area contributed by atoms with E-state index in [1.807, 2.05) is 20.8 Å². The van der Waals surface area contributed by atoms with Gasteiger partial charge in [-0.15, -0.1) is 0 Å². The van der Waals surface area contributed by atoms with E-state index in [1.165, 1.54) is 0 Å². The van der Waals surface area contributed by atoms with Gasteiger partial charge >= 0.3 is 6.09 Å². The monoisotopic (exact) mass is 314 g/mol. The van der Waals surface area contributed by atoms with Crippen LogP contribution in [0.5, 0.6) is 0 Å². The zero-order valence-corrected chi connectivity index (χ0v) is 14.2. The van der Waals surface area contributed by atoms with Crippen molar-refractivity contribution in [3.63, 3.8) is 0 Å². The number of nitrogens with one attached hydrogen (secondary N) is 2. The maximum absolute atomic E-state index is 12.0. The number of rotatable bonds is 9. The maximum atomic E-state index is 12.0. The van der Waals surface area contributed by atoms with Crippen molar-refractivity contribution >= 4 is 12.5 Å². The summed E-state index contributed by atoms with van der Waals surface area (Å²) in [6.45, 7) is 9.52. The van der Waals surface area contributed by atoms with Crippen LogP contribution in [0.4, 0.5) is 4.79 Å². The average molecular weight is 314 g/mol. The van der Waals surface area contributed by atoms with Gasteiger partial charge in [0.05, 0.1) is 5.54 Å². The van der Waals surface area contributed by atoms with Gasteiger partial charge in [-0.1, -0.05) is 13.3 Å². The number of carbonyl (C=O) groups excluding carboxylic acids is 2. The fourth-order valence-electron chi connectivity index (χ4n) is 2.71. The number of carbonyl (C=O) groups is 2. The summed E-state index contributed by atoms with van der Waals surface area (Å²) in [5, 5.41) is 5.58. The zero-order valence-electron chi connectivity index (χ0n) is 14.2. The second-order valence-corrected chi connectivity index (χ2v) is 7.11. The molecule has 6 nitrogen and oxygen atoms in total. The Bertz CT molecular complexity index is 360. The second kappa shape index (κ2) is 8.36. The summed E-state index contributed by atoms with van der Waals surface area (Å²) in [5.41, 5.74) is -0.947. The molecule has 0 aromatic rings. The summed E-state index contributed by atoms with van der Waals surface area (Å²) >= 11 is 0. The van der Waals surface area contributed by atoms with E-state index in [2.05, 4.69) is 17.6 Å². The second-order valence-electron chi connectivity index (χ2n) is 7.11. The Morgan fingerprint density at radius 1 is 1.36 bits per heavy atom. The van der Waals surface area contributed by atoms with E-state index < -0.39 is 17.2 Å². The van der Waals surface area contributed by atoms with Gasteiger partial charge in [0, 0.05) is 19.8 Å². The SMILES string of the molecule is CCCCOCC1CC(CNC=O)(NC(=O)OC(C)(C)C)C1. The van der Waals surface area contributed by atoms with Crippen LogP contribution in [0.15, 0.2) is 0 Å². The van der Waals surface area contributed by atoms with Crippen LogP contribution in [-0.4, -0.2) is 43.4 Å². The van der Waals surface area contributed by atoms with Crippen molar-refractivity contribution in [3.8, 4) is 0 Å². The van der Waals surface area contributed by atoms with E-state index in [9.17, 15) is 9.59 Å². The topological polar surface area (TPSA) is 76.7 Å². The number of unbranched alkanes of at least 4 members (excludes halogenated alkanes) is 1. The summed E-state index contributed by atoms with van der Waals surface area (Å²) in [5.74, 6) is 0.417. The van der Waals surface area contributed by atoms with E-state index in [1.54, 1.807) is 0 Å². The summed E-state index contributed by atoms with van der Waals surface area (Å²) in [4.78, 5) is 22.5. The summed E-state index contributed by atoms with van der Waals surface area (Å²) in [6, 6.07) is 0. The van der Waals surface area contributed by atoms with Crippen molar-refractivity contribution in [1.29, 1.82) is 0 Å². The lowest BCUT2D eigenvalue weighted by Crippen LogP contribution is -2.63. The summed E-state index contributed by atoms with van der Waals surface area (Å²) in [6.07, 6.45) is 3.99. The van der Waals surface area contributed by atoms with Crippen LogP contribution in [0, 0.1) is 5.92 Å². The molecule has 1 aliphatic rings. The molecule has 22 heavy (non-hydrogen) atoms. The smallest absolute Gasteiger partial charge is 0.408 e. The molecule has 0 saturated heterocycles. The molecule has 1 rings (SSSR count). The minimum Gasteiger partial charge on any atom is -0.444 e. The number of ether oxygens (including phenoxy) is 2. The highest BCUT2D eigenvalue weighted by molar-refractivity contribution is 5.69. The van der Waals surface area contributed by atoms with Gasteiger partial charge in [-0.3, -0.25) is 4.79 Å². The molecule has 2 amide bonds. The fraction of sp³-hybridized carbons (Fsp3) is 0.875. The molecule has 1 aliphatic carbocycles. The molecule has 0 heterocycles. The van der Waals surface area contributed by atoms with Gasteiger partial charge < -0.3 is 20.1 Å². The molecule has 0 aliphatic heterocycles. The summed E-state index contributed by atoms with van der Waals surface area (Å²) in [7, 11) is 0. The average Bonchev–Trinajstić information content (AvgIpc) is 2.36. The zero-order chi connectivity index (χ0) is 16.6. The van der Waals surface area contributed by atoms with Gasteiger partial charge in [0.1, 0.15) is 5.60 Å². The van der Waals surface area contributed by atoms with Gasteiger partial charge in [-0.25, -0.2) is 4.79 Å². The van der Waals surface area contributed by atoms with Crippen LogP contribution in [-0.2, 0) is 14.3 Å². The molecule has 128 valence electrons. The third-order valence-electron chi connectivity index (χ3n) is 3.64. The first-order valence-corrected chi connectivity index (χ1v) is 8.06. The minimum atomic E-state index is -0.532. The van der Waals surface area contributed by atoms with Crippen molar-refractivity contribution in [2.75, 3.05) is 19.8 Å². The Hall–Kier alpha value is -1.30. The molecule has 0 aromatic heterocycles. The largest absolute Gasteiger partial charge is 0.444 e. The highest BCUT2D eigenvalue weighted by Crippen LogP contribution is 2.38. The highest BCUT2D eigenvalue weighted by atomic mass is 16.6. The molecular weight excluding hydrogens is 284 g/mol. The Labute approximate surface area is 133 Å². The maximum Gasteiger partial charge on any atom is 0.408 e. The predicted molar refractivity (Wildman–Crippen MR) is 84.6 cm³/mol. The van der Waals surface area contributed by atoms with Gasteiger partial charge in [-0.2, -0.15) is 0 Å². The number of hydrogen-bond donors (Lipinski definition) is 2. The van der Waals surface area contributed by atoms with Crippen molar-refractivity contribution < 1.29 is 19.1 Å². The van der Waals surface area contributed by atoms with E-state index in [0.29, 0.717) is 25.5 Å². The van der Waals surface area contributed by atoms with Crippen LogP contribution in [0.3, 0.4) is 0 Å². The molecule has 0 radical (unpaired) electrons. The Balaban J connectivity index is 2.42. The Kier molecular flexibility index (Phi) is 7.13. The molecule has 0 spiro atoms. The van der Waals surface area contributed by atoms with Gasteiger partial charge in [0.2, 0.25) is 6.41 Å². The van der Waals surface area contributed by atoms with Gasteiger partial charge in [0.15, 0.2) is 0 Å². The molecule has 0 unspecified atom stereocenters. The van der Waals surface area contributed by atoms with E-state index >= 15 is 0 Å². The molecule has 6 heteroatoms. The number of alkyl carbamates (subject to hydrolysis) is 1. The van der Waals surface area contributed by atoms with Crippen LogP contribution in [0.1, 0.15) is 53.4 Å². The quantitative estimate of drug-likeness (QED) is 0.505. The minimum absolute atomic E-state index is 0.415. The summed E-state index contributed by atoms with van der Waals surface area (Å²) < 4.78 is 10.9.